The first-order chi connectivity index (χ1) is 19.6. The zero-order valence-electron chi connectivity index (χ0n) is 22.2. The summed E-state index contributed by atoms with van der Waals surface area (Å²) in [6.07, 6.45) is 5.35. The van der Waals surface area contributed by atoms with Crippen molar-refractivity contribution in [1.29, 1.82) is 5.26 Å². The molecule has 3 heterocycles. The molecule has 1 saturated heterocycles. The zero-order chi connectivity index (χ0) is 27.5. The van der Waals surface area contributed by atoms with Crippen LogP contribution in [0.1, 0.15) is 51.2 Å². The van der Waals surface area contributed by atoms with Gasteiger partial charge in [-0.1, -0.05) is 48.9 Å². The number of aromatic nitrogens is 2. The number of hydrogen-bond donors (Lipinski definition) is 1. The van der Waals surface area contributed by atoms with Crippen molar-refractivity contribution in [2.75, 3.05) is 29.9 Å². The van der Waals surface area contributed by atoms with Crippen LogP contribution >= 0.6 is 0 Å². The van der Waals surface area contributed by atoms with Crippen molar-refractivity contribution in [3.05, 3.63) is 101 Å². The molecule has 0 atom stereocenters. The van der Waals surface area contributed by atoms with Crippen LogP contribution in [0, 0.1) is 11.3 Å². The number of likely N-dealkylation sites (tertiary alicyclic amines) is 1. The van der Waals surface area contributed by atoms with Crippen molar-refractivity contribution in [2.45, 2.75) is 32.4 Å². The molecule has 2 aliphatic rings. The Bertz CT molecular complexity index is 1580. The molecular weight excluding hydrogens is 500 g/mol. The summed E-state index contributed by atoms with van der Waals surface area (Å²) < 4.78 is 1.58. The maximum Gasteiger partial charge on any atom is 0.277 e. The van der Waals surface area contributed by atoms with Gasteiger partial charge in [-0.15, -0.1) is 0 Å². The summed E-state index contributed by atoms with van der Waals surface area (Å²) in [7, 11) is 0. The molecule has 8 nitrogen and oxygen atoms in total. The molecule has 200 valence electrons. The Morgan fingerprint density at radius 1 is 0.900 bits per heavy atom. The maximum absolute atomic E-state index is 13.6. The number of fused-ring (bicyclic) bond motifs is 1. The lowest BCUT2D eigenvalue weighted by Gasteiger charge is -2.28. The number of anilines is 2. The third-order valence-corrected chi connectivity index (χ3v) is 7.64. The van der Waals surface area contributed by atoms with E-state index in [0.717, 1.165) is 23.4 Å². The number of piperidine rings is 1. The molecule has 2 amide bonds. The molecule has 0 bridgehead atoms. The number of nitrogens with one attached hydrogen (secondary N) is 1. The van der Waals surface area contributed by atoms with Crippen LogP contribution in [0.15, 0.2) is 79.0 Å². The van der Waals surface area contributed by atoms with E-state index in [2.05, 4.69) is 45.7 Å². The minimum absolute atomic E-state index is 0.207. The average Bonchev–Trinajstić information content (AvgIpc) is 3.44. The van der Waals surface area contributed by atoms with E-state index in [1.807, 2.05) is 24.3 Å². The molecule has 40 heavy (non-hydrogen) atoms. The molecule has 1 N–H and O–H groups in total. The first-order valence-electron chi connectivity index (χ1n) is 13.7. The van der Waals surface area contributed by atoms with E-state index >= 15 is 0 Å². The lowest BCUT2D eigenvalue weighted by Crippen LogP contribution is -2.41. The number of carbonyl (C=O) groups is 2. The molecule has 0 aliphatic carbocycles. The predicted molar refractivity (Wildman–Crippen MR) is 154 cm³/mol. The molecule has 1 aromatic heterocycles. The Kier molecular flexibility index (Phi) is 7.13. The van der Waals surface area contributed by atoms with Crippen LogP contribution < -0.4 is 10.2 Å². The summed E-state index contributed by atoms with van der Waals surface area (Å²) in [6.45, 7) is 4.31. The quantitative estimate of drug-likeness (QED) is 0.364. The molecule has 8 heteroatoms. The number of hydrogen-bond acceptors (Lipinski definition) is 5. The van der Waals surface area contributed by atoms with Crippen LogP contribution in [0.25, 0.3) is 11.1 Å². The van der Waals surface area contributed by atoms with Crippen molar-refractivity contribution < 1.29 is 9.59 Å². The summed E-state index contributed by atoms with van der Waals surface area (Å²) in [4.78, 5) is 30.8. The summed E-state index contributed by atoms with van der Waals surface area (Å²) in [5.74, 6) is -0.708. The fourth-order valence-corrected chi connectivity index (χ4v) is 5.49. The van der Waals surface area contributed by atoms with Crippen LogP contribution in [0.2, 0.25) is 0 Å². The van der Waals surface area contributed by atoms with Crippen LogP contribution in [0.4, 0.5) is 11.4 Å². The van der Waals surface area contributed by atoms with E-state index in [1.54, 1.807) is 33.8 Å². The molecule has 3 aromatic carbocycles. The van der Waals surface area contributed by atoms with Gasteiger partial charge in [0.15, 0.2) is 0 Å². The van der Waals surface area contributed by atoms with Crippen LogP contribution in [-0.4, -0.2) is 46.1 Å². The van der Waals surface area contributed by atoms with E-state index in [0.29, 0.717) is 24.3 Å². The van der Waals surface area contributed by atoms with Crippen molar-refractivity contribution in [2.24, 2.45) is 0 Å². The third kappa shape index (κ3) is 5.24. The van der Waals surface area contributed by atoms with Gasteiger partial charge in [0.05, 0.1) is 29.9 Å². The van der Waals surface area contributed by atoms with Gasteiger partial charge in [0.25, 0.3) is 11.8 Å². The van der Waals surface area contributed by atoms with Crippen molar-refractivity contribution >= 4 is 23.2 Å². The molecular formula is C32H30N6O2. The van der Waals surface area contributed by atoms with Crippen LogP contribution in [0.3, 0.4) is 0 Å². The van der Waals surface area contributed by atoms with Gasteiger partial charge in [0.1, 0.15) is 5.69 Å². The Morgan fingerprint density at radius 3 is 2.35 bits per heavy atom. The monoisotopic (exact) mass is 530 g/mol. The van der Waals surface area contributed by atoms with Gasteiger partial charge in [-0.2, -0.15) is 10.4 Å². The lowest BCUT2D eigenvalue weighted by atomic mass is 10.0. The van der Waals surface area contributed by atoms with Crippen LogP contribution in [0.5, 0.6) is 0 Å². The average molecular weight is 531 g/mol. The predicted octanol–water partition coefficient (Wildman–Crippen LogP) is 5.32. The second kappa shape index (κ2) is 11.2. The summed E-state index contributed by atoms with van der Waals surface area (Å²) in [5.41, 5.74) is 5.71. The molecule has 4 aromatic rings. The largest absolute Gasteiger partial charge is 0.322 e. The minimum atomic E-state index is -0.439. The normalized spacial score (nSPS) is 15.4. The Hall–Kier alpha value is -4.74. The Morgan fingerprint density at radius 2 is 1.62 bits per heavy atom. The third-order valence-electron chi connectivity index (χ3n) is 7.64. The van der Waals surface area contributed by atoms with Crippen molar-refractivity contribution in [1.82, 2.24) is 14.7 Å². The second-order valence-electron chi connectivity index (χ2n) is 10.3. The second-order valence-corrected chi connectivity index (χ2v) is 10.3. The fourth-order valence-electron chi connectivity index (χ4n) is 5.49. The van der Waals surface area contributed by atoms with Gasteiger partial charge in [-0.05, 0) is 73.0 Å². The maximum atomic E-state index is 13.6. The zero-order valence-corrected chi connectivity index (χ0v) is 22.2. The highest BCUT2D eigenvalue weighted by atomic mass is 16.2. The first kappa shape index (κ1) is 25.5. The highest BCUT2D eigenvalue weighted by Gasteiger charge is 2.32. The summed E-state index contributed by atoms with van der Waals surface area (Å²) in [6, 6.07) is 25.4. The molecule has 6 rings (SSSR count). The van der Waals surface area contributed by atoms with Gasteiger partial charge >= 0.3 is 0 Å². The summed E-state index contributed by atoms with van der Waals surface area (Å²) >= 11 is 0. The minimum Gasteiger partial charge on any atom is -0.322 e. The lowest BCUT2D eigenvalue weighted by molar-refractivity contribution is 0.0947. The fraction of sp³-hybridized carbons (Fsp3) is 0.250. The number of nitrogens with zero attached hydrogens (tertiary/aromatic N) is 5. The standard InChI is InChI=1S/C32H30N6O2/c33-20-24-5-4-6-27(19-24)35-31(39)29-21-34-38-18-17-37(32(40)30(29)38)28-13-11-26(12-14-28)25-9-7-23(8-10-25)22-36-15-2-1-3-16-36/h4-14,19,21H,1-3,15-18,22H2,(H,35,39). The molecule has 0 spiro atoms. The van der Waals surface area contributed by atoms with E-state index in [1.165, 1.54) is 44.1 Å². The number of benzene rings is 3. The smallest absolute Gasteiger partial charge is 0.277 e. The molecule has 0 saturated carbocycles. The van der Waals surface area contributed by atoms with Gasteiger partial charge in [0.2, 0.25) is 0 Å². The number of carbonyl (C=O) groups excluding carboxylic acids is 2. The highest BCUT2D eigenvalue weighted by Crippen LogP contribution is 2.28. The Labute approximate surface area is 233 Å². The summed E-state index contributed by atoms with van der Waals surface area (Å²) in [5, 5.41) is 16.2. The highest BCUT2D eigenvalue weighted by molar-refractivity contribution is 6.15. The van der Waals surface area contributed by atoms with E-state index < -0.39 is 5.91 Å². The molecule has 2 aliphatic heterocycles. The first-order valence-corrected chi connectivity index (χ1v) is 13.7. The SMILES string of the molecule is N#Cc1cccc(NC(=O)c2cnn3c2C(=O)N(c2ccc(-c4ccc(CN5CCCCC5)cc4)cc2)CC3)c1. The van der Waals surface area contributed by atoms with E-state index in [9.17, 15) is 9.59 Å². The topological polar surface area (TPSA) is 94.3 Å². The van der Waals surface area contributed by atoms with Crippen molar-refractivity contribution in [3.8, 4) is 17.2 Å². The molecule has 0 radical (unpaired) electrons. The number of rotatable bonds is 6. The van der Waals surface area contributed by atoms with E-state index in [-0.39, 0.29) is 17.2 Å². The molecule has 0 unspecified atom stereocenters. The van der Waals surface area contributed by atoms with Gasteiger partial charge in [0, 0.05) is 24.5 Å². The van der Waals surface area contributed by atoms with Gasteiger partial charge < -0.3 is 10.2 Å². The van der Waals surface area contributed by atoms with Crippen molar-refractivity contribution in [3.63, 3.8) is 0 Å². The van der Waals surface area contributed by atoms with Gasteiger partial charge in [-0.3, -0.25) is 19.2 Å². The van der Waals surface area contributed by atoms with E-state index in [4.69, 9.17) is 5.26 Å². The molecule has 1 fully saturated rings. The number of nitriles is 1. The number of amides is 2. The Balaban J connectivity index is 1.16. The van der Waals surface area contributed by atoms with Crippen LogP contribution in [-0.2, 0) is 13.1 Å². The van der Waals surface area contributed by atoms with Gasteiger partial charge in [-0.25, -0.2) is 0 Å².